The Morgan fingerprint density at radius 1 is 1.38 bits per heavy atom. The van der Waals surface area contributed by atoms with Gasteiger partial charge in [0, 0.05) is 27.2 Å². The van der Waals surface area contributed by atoms with Crippen molar-refractivity contribution in [3.8, 4) is 0 Å². The minimum Gasteiger partial charge on any atom is -0.382 e. The average Bonchev–Trinajstić information content (AvgIpc) is 2.82. The Labute approximate surface area is 131 Å². The van der Waals surface area contributed by atoms with Gasteiger partial charge in [-0.25, -0.2) is 12.7 Å². The first-order valence-electron chi connectivity index (χ1n) is 7.14. The van der Waals surface area contributed by atoms with Crippen molar-refractivity contribution in [3.63, 3.8) is 0 Å². The molecule has 8 heteroatoms. The first-order chi connectivity index (χ1) is 9.71. The molecule has 2 rings (SSSR count). The summed E-state index contributed by atoms with van der Waals surface area (Å²) in [5.74, 6) is 0.104. The van der Waals surface area contributed by atoms with Crippen molar-refractivity contribution in [3.05, 3.63) is 0 Å². The second-order valence-corrected chi connectivity index (χ2v) is 8.98. The predicted octanol–water partition coefficient (Wildman–Crippen LogP) is 1.99. The van der Waals surface area contributed by atoms with Crippen molar-refractivity contribution in [2.75, 3.05) is 37.8 Å². The zero-order valence-electron chi connectivity index (χ0n) is 13.1. The topological polar surface area (TPSA) is 79.5 Å². The van der Waals surface area contributed by atoms with Gasteiger partial charge in [0.2, 0.25) is 10.0 Å². The van der Waals surface area contributed by atoms with Crippen LogP contribution in [0.25, 0.3) is 0 Å². The van der Waals surface area contributed by atoms with Crippen molar-refractivity contribution < 1.29 is 8.42 Å². The normalized spacial score (nSPS) is 19.2. The minimum absolute atomic E-state index is 0.104. The molecule has 0 amide bonds. The average molecular weight is 332 g/mol. The summed E-state index contributed by atoms with van der Waals surface area (Å²) in [6.45, 7) is 6.20. The molecule has 1 aromatic heterocycles. The molecule has 0 spiro atoms. The number of sulfonamides is 1. The van der Waals surface area contributed by atoms with E-state index in [1.54, 1.807) is 0 Å². The fourth-order valence-electron chi connectivity index (χ4n) is 2.51. The minimum atomic E-state index is -3.56. The van der Waals surface area contributed by atoms with E-state index in [1.165, 1.54) is 29.9 Å². The molecule has 0 atom stereocenters. The third-order valence-corrected chi connectivity index (χ3v) is 7.44. The fraction of sp³-hybridized carbons (Fsp3) is 0.769. The Morgan fingerprint density at radius 2 is 1.95 bits per heavy atom. The molecule has 6 nitrogen and oxygen atoms in total. The first-order valence-corrected chi connectivity index (χ1v) is 9.35. The van der Waals surface area contributed by atoms with Gasteiger partial charge in [-0.2, -0.15) is 4.37 Å². The Kier molecular flexibility index (Phi) is 4.51. The summed E-state index contributed by atoms with van der Waals surface area (Å²) in [6, 6.07) is 0. The van der Waals surface area contributed by atoms with Gasteiger partial charge in [-0.15, -0.1) is 0 Å². The summed E-state index contributed by atoms with van der Waals surface area (Å²) in [7, 11) is -0.535. The van der Waals surface area contributed by atoms with E-state index in [-0.39, 0.29) is 10.7 Å². The van der Waals surface area contributed by atoms with E-state index in [9.17, 15) is 8.42 Å². The van der Waals surface area contributed by atoms with Crippen molar-refractivity contribution in [1.29, 1.82) is 0 Å². The van der Waals surface area contributed by atoms with Crippen molar-refractivity contribution in [2.45, 2.75) is 38.0 Å². The highest BCUT2D eigenvalue weighted by atomic mass is 32.2. The SMILES string of the molecule is CCC1(C)CCN(c2snc(N)c2S(=O)(=O)N(C)C)CC1. The highest BCUT2D eigenvalue weighted by molar-refractivity contribution is 7.89. The summed E-state index contributed by atoms with van der Waals surface area (Å²) in [5.41, 5.74) is 6.17. The summed E-state index contributed by atoms with van der Waals surface area (Å²) in [4.78, 5) is 2.28. The van der Waals surface area contributed by atoms with Gasteiger partial charge in [-0.1, -0.05) is 20.3 Å². The number of rotatable bonds is 4. The van der Waals surface area contributed by atoms with Crippen LogP contribution in [0.15, 0.2) is 4.90 Å². The quantitative estimate of drug-likeness (QED) is 0.912. The maximum Gasteiger partial charge on any atom is 0.249 e. The molecule has 0 bridgehead atoms. The Morgan fingerprint density at radius 3 is 2.43 bits per heavy atom. The molecule has 2 N–H and O–H groups in total. The van der Waals surface area contributed by atoms with Crippen LogP contribution in [0, 0.1) is 5.41 Å². The maximum absolute atomic E-state index is 12.4. The molecule has 0 saturated carbocycles. The molecule has 1 aromatic rings. The van der Waals surface area contributed by atoms with E-state index in [0.29, 0.717) is 10.4 Å². The van der Waals surface area contributed by atoms with Crippen molar-refractivity contribution >= 4 is 32.4 Å². The van der Waals surface area contributed by atoms with Gasteiger partial charge in [0.25, 0.3) is 0 Å². The Balaban J connectivity index is 2.32. The number of nitrogen functional groups attached to an aromatic ring is 1. The van der Waals surface area contributed by atoms with Gasteiger partial charge < -0.3 is 10.6 Å². The number of nitrogens with two attached hydrogens (primary N) is 1. The van der Waals surface area contributed by atoms with Crippen LogP contribution in [0.1, 0.15) is 33.1 Å². The van der Waals surface area contributed by atoms with Crippen LogP contribution in [-0.2, 0) is 10.0 Å². The van der Waals surface area contributed by atoms with Gasteiger partial charge in [0.15, 0.2) is 10.7 Å². The Hall–Kier alpha value is -0.860. The van der Waals surface area contributed by atoms with E-state index in [0.717, 1.165) is 32.4 Å². The fourth-order valence-corrected chi connectivity index (χ4v) is 4.79. The van der Waals surface area contributed by atoms with E-state index < -0.39 is 10.0 Å². The zero-order chi connectivity index (χ0) is 15.8. The van der Waals surface area contributed by atoms with Crippen LogP contribution in [0.5, 0.6) is 0 Å². The van der Waals surface area contributed by atoms with Gasteiger partial charge in [-0.3, -0.25) is 0 Å². The first kappa shape index (κ1) is 16.5. The number of nitrogens with zero attached hydrogens (tertiary/aromatic N) is 3. The predicted molar refractivity (Wildman–Crippen MR) is 87.2 cm³/mol. The van der Waals surface area contributed by atoms with Crippen molar-refractivity contribution in [1.82, 2.24) is 8.68 Å². The molecule has 2 heterocycles. The third-order valence-electron chi connectivity index (χ3n) is 4.51. The molecule has 120 valence electrons. The lowest BCUT2D eigenvalue weighted by molar-refractivity contribution is 0.238. The smallest absolute Gasteiger partial charge is 0.249 e. The van der Waals surface area contributed by atoms with E-state index in [2.05, 4.69) is 23.1 Å². The van der Waals surface area contributed by atoms with Crippen molar-refractivity contribution in [2.24, 2.45) is 5.41 Å². The molecule has 1 aliphatic rings. The largest absolute Gasteiger partial charge is 0.382 e. The summed E-state index contributed by atoms with van der Waals surface area (Å²) in [6.07, 6.45) is 3.26. The molecule has 0 aliphatic carbocycles. The summed E-state index contributed by atoms with van der Waals surface area (Å²) < 4.78 is 30.2. The number of piperidine rings is 1. The number of aromatic nitrogens is 1. The number of anilines is 2. The summed E-state index contributed by atoms with van der Waals surface area (Å²) in [5, 5.41) is 0.680. The van der Waals surface area contributed by atoms with E-state index in [1.807, 2.05) is 0 Å². The lowest BCUT2D eigenvalue weighted by atomic mass is 9.78. The molecule has 1 fully saturated rings. The second-order valence-electron chi connectivity index (χ2n) is 6.14. The maximum atomic E-state index is 12.4. The highest BCUT2D eigenvalue weighted by Gasteiger charge is 2.34. The van der Waals surface area contributed by atoms with Crippen LogP contribution < -0.4 is 10.6 Å². The number of hydrogen-bond acceptors (Lipinski definition) is 6. The van der Waals surface area contributed by atoms with Crippen LogP contribution in [0.3, 0.4) is 0 Å². The molecule has 0 unspecified atom stereocenters. The Bertz CT molecular complexity index is 602. The van der Waals surface area contributed by atoms with Gasteiger partial charge in [-0.05, 0) is 29.8 Å². The van der Waals surface area contributed by atoms with Crippen LogP contribution in [-0.4, -0.2) is 44.3 Å². The van der Waals surface area contributed by atoms with Gasteiger partial charge in [0.05, 0.1) is 0 Å². The molecular formula is C13H24N4O2S2. The monoisotopic (exact) mass is 332 g/mol. The lowest BCUT2D eigenvalue weighted by Gasteiger charge is -2.39. The van der Waals surface area contributed by atoms with E-state index in [4.69, 9.17) is 5.73 Å². The third kappa shape index (κ3) is 3.02. The molecule has 1 aliphatic heterocycles. The lowest BCUT2D eigenvalue weighted by Crippen LogP contribution is -2.39. The van der Waals surface area contributed by atoms with Gasteiger partial charge in [0.1, 0.15) is 5.00 Å². The molecule has 0 radical (unpaired) electrons. The summed E-state index contributed by atoms with van der Waals surface area (Å²) >= 11 is 1.18. The van der Waals surface area contributed by atoms with Crippen LogP contribution >= 0.6 is 11.5 Å². The second kappa shape index (κ2) is 5.73. The van der Waals surface area contributed by atoms with Crippen LogP contribution in [0.4, 0.5) is 10.8 Å². The van der Waals surface area contributed by atoms with E-state index >= 15 is 0 Å². The van der Waals surface area contributed by atoms with Gasteiger partial charge >= 0.3 is 0 Å². The molecule has 1 saturated heterocycles. The zero-order valence-corrected chi connectivity index (χ0v) is 14.7. The molecule has 21 heavy (non-hydrogen) atoms. The molecule has 0 aromatic carbocycles. The molecular weight excluding hydrogens is 308 g/mol. The van der Waals surface area contributed by atoms with Crippen LogP contribution in [0.2, 0.25) is 0 Å². The highest BCUT2D eigenvalue weighted by Crippen LogP contribution is 2.41. The standard InChI is InChI=1S/C13H24N4O2S2/c1-5-13(2)6-8-17(9-7-13)12-10(11(14)15-20-12)21(18,19)16(3)4/h5-9H2,1-4H3,(H2,14,15). The number of hydrogen-bond donors (Lipinski definition) is 1.